The predicted octanol–water partition coefficient (Wildman–Crippen LogP) is 4.72. The maximum Gasteiger partial charge on any atom is 0.256 e. The van der Waals surface area contributed by atoms with Crippen molar-refractivity contribution in [3.05, 3.63) is 24.3 Å². The molecule has 0 saturated carbocycles. The van der Waals surface area contributed by atoms with Gasteiger partial charge >= 0.3 is 0 Å². The van der Waals surface area contributed by atoms with Gasteiger partial charge in [-0.05, 0) is 82.3 Å². The summed E-state index contributed by atoms with van der Waals surface area (Å²) in [5.74, 6) is 1.61. The average molecular weight is 391 g/mol. The fraction of sp³-hybridized carbons (Fsp3) is 0.696. The van der Waals surface area contributed by atoms with Crippen LogP contribution in [0.1, 0.15) is 59.8 Å². The number of anilines is 1. The monoisotopic (exact) mass is 390 g/mol. The van der Waals surface area contributed by atoms with Crippen LogP contribution in [0, 0.1) is 5.92 Å². The van der Waals surface area contributed by atoms with Gasteiger partial charge in [0.15, 0.2) is 0 Å². The lowest BCUT2D eigenvalue weighted by atomic mass is 9.99. The lowest BCUT2D eigenvalue weighted by molar-refractivity contribution is -0.139. The fourth-order valence-corrected chi connectivity index (χ4v) is 3.32. The summed E-state index contributed by atoms with van der Waals surface area (Å²) in [4.78, 5) is 15.1. The topological polar surface area (TPSA) is 50.8 Å². The number of carbonyl (C=O) groups is 1. The number of hydrogen-bond acceptors (Lipinski definition) is 4. The van der Waals surface area contributed by atoms with E-state index in [0.717, 1.165) is 43.3 Å². The molecule has 1 N–H and O–H groups in total. The van der Waals surface area contributed by atoms with Crippen LogP contribution in [-0.4, -0.2) is 49.3 Å². The molecular formula is C23H38N2O3. The van der Waals surface area contributed by atoms with E-state index < -0.39 is 5.60 Å². The minimum absolute atomic E-state index is 0.104. The summed E-state index contributed by atoms with van der Waals surface area (Å²) in [6.07, 6.45) is 5.20. The second kappa shape index (κ2) is 11.4. The lowest BCUT2D eigenvalue weighted by Gasteiger charge is -2.30. The first-order valence-corrected chi connectivity index (χ1v) is 10.9. The van der Waals surface area contributed by atoms with Crippen molar-refractivity contribution in [2.45, 2.75) is 65.4 Å². The van der Waals surface area contributed by atoms with E-state index in [0.29, 0.717) is 13.0 Å². The maximum absolute atomic E-state index is 12.6. The number of nitrogens with zero attached hydrogens (tertiary/aromatic N) is 1. The molecule has 1 aliphatic rings. The number of carbonyl (C=O) groups excluding carboxylic acids is 1. The van der Waals surface area contributed by atoms with Gasteiger partial charge in [0.25, 0.3) is 5.91 Å². The molecule has 1 heterocycles. The van der Waals surface area contributed by atoms with E-state index in [1.165, 1.54) is 25.9 Å². The molecule has 1 saturated heterocycles. The van der Waals surface area contributed by atoms with Crippen LogP contribution in [0.25, 0.3) is 0 Å². The molecule has 158 valence electrons. The van der Waals surface area contributed by atoms with Crippen molar-refractivity contribution in [3.63, 3.8) is 0 Å². The number of benzene rings is 1. The van der Waals surface area contributed by atoms with Crippen LogP contribution in [0.2, 0.25) is 0 Å². The highest BCUT2D eigenvalue weighted by molar-refractivity contribution is 5.97. The average Bonchev–Trinajstić information content (AvgIpc) is 2.71. The summed E-state index contributed by atoms with van der Waals surface area (Å²) in [5, 5.41) is 2.96. The van der Waals surface area contributed by atoms with Crippen molar-refractivity contribution in [1.82, 2.24) is 4.90 Å². The van der Waals surface area contributed by atoms with E-state index in [1.807, 2.05) is 45.0 Å². The first-order valence-electron chi connectivity index (χ1n) is 10.9. The molecule has 0 bridgehead atoms. The van der Waals surface area contributed by atoms with Crippen LogP contribution in [0.3, 0.4) is 0 Å². The van der Waals surface area contributed by atoms with Gasteiger partial charge in [0.1, 0.15) is 11.4 Å². The number of piperidine rings is 1. The molecule has 0 spiro atoms. The SMILES string of the molecule is CCCO[C@@](C)(CC)C(=O)Nc1ccc(OCCCN2CCC(C)CC2)cc1. The molecule has 5 heteroatoms. The van der Waals surface area contributed by atoms with Crippen molar-refractivity contribution >= 4 is 11.6 Å². The molecule has 5 nitrogen and oxygen atoms in total. The molecule has 2 rings (SSSR count). The van der Waals surface area contributed by atoms with Crippen molar-refractivity contribution in [3.8, 4) is 5.75 Å². The molecule has 0 aromatic heterocycles. The van der Waals surface area contributed by atoms with E-state index in [-0.39, 0.29) is 5.91 Å². The van der Waals surface area contributed by atoms with Gasteiger partial charge in [0.05, 0.1) is 6.61 Å². The zero-order valence-corrected chi connectivity index (χ0v) is 18.1. The molecule has 1 fully saturated rings. The van der Waals surface area contributed by atoms with Gasteiger partial charge in [-0.2, -0.15) is 0 Å². The minimum atomic E-state index is -0.794. The van der Waals surface area contributed by atoms with Gasteiger partial charge in [-0.25, -0.2) is 0 Å². The third-order valence-electron chi connectivity index (χ3n) is 5.66. The van der Waals surface area contributed by atoms with Crippen LogP contribution in [0.4, 0.5) is 5.69 Å². The Morgan fingerprint density at radius 1 is 1.18 bits per heavy atom. The Morgan fingerprint density at radius 3 is 2.46 bits per heavy atom. The lowest BCUT2D eigenvalue weighted by Crippen LogP contribution is -2.42. The van der Waals surface area contributed by atoms with Gasteiger partial charge in [-0.1, -0.05) is 20.8 Å². The molecule has 1 aromatic carbocycles. The quantitative estimate of drug-likeness (QED) is 0.556. The smallest absolute Gasteiger partial charge is 0.256 e. The van der Waals surface area contributed by atoms with E-state index in [2.05, 4.69) is 17.1 Å². The molecule has 28 heavy (non-hydrogen) atoms. The Balaban J connectivity index is 1.72. The molecule has 0 aliphatic carbocycles. The summed E-state index contributed by atoms with van der Waals surface area (Å²) in [6.45, 7) is 13.0. The molecule has 0 unspecified atom stereocenters. The number of amides is 1. The van der Waals surface area contributed by atoms with Gasteiger partial charge < -0.3 is 19.7 Å². The van der Waals surface area contributed by atoms with E-state index in [9.17, 15) is 4.79 Å². The predicted molar refractivity (Wildman–Crippen MR) is 115 cm³/mol. The molecule has 1 aromatic rings. The highest BCUT2D eigenvalue weighted by atomic mass is 16.5. The third-order valence-corrected chi connectivity index (χ3v) is 5.66. The third kappa shape index (κ3) is 7.10. The Hall–Kier alpha value is -1.59. The summed E-state index contributed by atoms with van der Waals surface area (Å²) in [5.41, 5.74) is -0.0307. The van der Waals surface area contributed by atoms with Gasteiger partial charge in [-0.15, -0.1) is 0 Å². The van der Waals surface area contributed by atoms with E-state index in [1.54, 1.807) is 0 Å². The van der Waals surface area contributed by atoms with Crippen LogP contribution in [-0.2, 0) is 9.53 Å². The van der Waals surface area contributed by atoms with Gasteiger partial charge in [0, 0.05) is 18.8 Å². The zero-order chi connectivity index (χ0) is 20.4. The van der Waals surface area contributed by atoms with Crippen molar-refractivity contribution < 1.29 is 14.3 Å². The van der Waals surface area contributed by atoms with Crippen LogP contribution < -0.4 is 10.1 Å². The number of hydrogen-bond donors (Lipinski definition) is 1. The van der Waals surface area contributed by atoms with Gasteiger partial charge in [0.2, 0.25) is 0 Å². The summed E-state index contributed by atoms with van der Waals surface area (Å²) in [6, 6.07) is 7.59. The second-order valence-corrected chi connectivity index (χ2v) is 8.14. The fourth-order valence-electron chi connectivity index (χ4n) is 3.32. The molecule has 1 atom stereocenters. The standard InChI is InChI=1S/C23H38N2O3/c1-5-17-28-23(4,6-2)22(26)24-20-8-10-21(11-9-20)27-18-7-14-25-15-12-19(3)13-16-25/h8-11,19H,5-7,12-18H2,1-4H3,(H,24,26)/t23-/m0/s1. The maximum atomic E-state index is 12.6. The Morgan fingerprint density at radius 2 is 1.86 bits per heavy atom. The highest BCUT2D eigenvalue weighted by Crippen LogP contribution is 2.21. The van der Waals surface area contributed by atoms with Crippen molar-refractivity contribution in [1.29, 1.82) is 0 Å². The highest BCUT2D eigenvalue weighted by Gasteiger charge is 2.32. The summed E-state index contributed by atoms with van der Waals surface area (Å²) in [7, 11) is 0. The summed E-state index contributed by atoms with van der Waals surface area (Å²) < 4.78 is 11.6. The number of rotatable bonds is 11. The first kappa shape index (κ1) is 22.7. The Kier molecular flexibility index (Phi) is 9.26. The molecule has 0 radical (unpaired) electrons. The normalized spacial score (nSPS) is 17.9. The minimum Gasteiger partial charge on any atom is -0.494 e. The summed E-state index contributed by atoms with van der Waals surface area (Å²) >= 11 is 0. The largest absolute Gasteiger partial charge is 0.494 e. The Bertz CT molecular complexity index is 582. The van der Waals surface area contributed by atoms with Crippen LogP contribution >= 0.6 is 0 Å². The second-order valence-electron chi connectivity index (χ2n) is 8.14. The molecular weight excluding hydrogens is 352 g/mol. The van der Waals surface area contributed by atoms with E-state index in [4.69, 9.17) is 9.47 Å². The van der Waals surface area contributed by atoms with E-state index >= 15 is 0 Å². The zero-order valence-electron chi connectivity index (χ0n) is 18.1. The molecule has 1 amide bonds. The number of likely N-dealkylation sites (tertiary alicyclic amines) is 1. The Labute approximate surface area is 170 Å². The van der Waals surface area contributed by atoms with Crippen molar-refractivity contribution in [2.24, 2.45) is 5.92 Å². The number of nitrogens with one attached hydrogen (secondary N) is 1. The van der Waals surface area contributed by atoms with Crippen LogP contribution in [0.15, 0.2) is 24.3 Å². The van der Waals surface area contributed by atoms with Gasteiger partial charge in [-0.3, -0.25) is 4.79 Å². The first-order chi connectivity index (χ1) is 13.5. The van der Waals surface area contributed by atoms with Crippen LogP contribution in [0.5, 0.6) is 5.75 Å². The van der Waals surface area contributed by atoms with Crippen molar-refractivity contribution in [2.75, 3.05) is 38.2 Å². The molecule has 1 aliphatic heterocycles. The number of ether oxygens (including phenoxy) is 2.